The number of piperidine rings is 1. The summed E-state index contributed by atoms with van der Waals surface area (Å²) in [5, 5.41) is 3.25. The Morgan fingerprint density at radius 2 is 1.77 bits per heavy atom. The van der Waals surface area contributed by atoms with Crippen molar-refractivity contribution in [2.45, 2.75) is 64.5 Å². The van der Waals surface area contributed by atoms with Crippen LogP contribution in [0.5, 0.6) is 0 Å². The van der Waals surface area contributed by atoms with Crippen LogP contribution >= 0.6 is 0 Å². The second-order valence-corrected chi connectivity index (χ2v) is 10.9. The number of likely N-dealkylation sites (tertiary alicyclic amines) is 1. The van der Waals surface area contributed by atoms with Crippen LogP contribution < -0.4 is 5.32 Å². The molecule has 0 spiro atoms. The minimum atomic E-state index is -0.587. The van der Waals surface area contributed by atoms with Crippen molar-refractivity contribution in [1.82, 2.24) is 19.6 Å². The lowest BCUT2D eigenvalue weighted by molar-refractivity contribution is -0.125. The van der Waals surface area contributed by atoms with Gasteiger partial charge in [0, 0.05) is 31.1 Å². The van der Waals surface area contributed by atoms with Crippen LogP contribution in [-0.4, -0.2) is 45.0 Å². The minimum Gasteiger partial charge on any atom is -0.444 e. The van der Waals surface area contributed by atoms with Crippen molar-refractivity contribution in [3.05, 3.63) is 35.9 Å². The maximum atomic E-state index is 13.1. The summed E-state index contributed by atoms with van der Waals surface area (Å²) in [6.45, 7) is 10.8. The Balaban J connectivity index is 1.26. The molecule has 3 atom stereocenters. The molecule has 3 fully saturated rings. The minimum absolute atomic E-state index is 0.0351. The molecule has 31 heavy (non-hydrogen) atoms. The number of hydrogen-bond donors (Lipinski definition) is 1. The number of hydrogen-bond acceptors (Lipinski definition) is 4. The molecule has 1 unspecified atom stereocenters. The zero-order valence-electron chi connectivity index (χ0n) is 19.0. The van der Waals surface area contributed by atoms with Gasteiger partial charge >= 0.3 is 6.09 Å². The van der Waals surface area contributed by atoms with Crippen molar-refractivity contribution >= 4 is 17.5 Å². The van der Waals surface area contributed by atoms with Crippen LogP contribution in [0.1, 0.15) is 64.9 Å². The Morgan fingerprint density at radius 1 is 1.10 bits per heavy atom. The van der Waals surface area contributed by atoms with Crippen LogP contribution in [0.25, 0.3) is 5.52 Å². The van der Waals surface area contributed by atoms with Gasteiger partial charge in [-0.3, -0.25) is 4.79 Å². The molecule has 7 nitrogen and oxygen atoms in total. The predicted molar refractivity (Wildman–Crippen MR) is 117 cm³/mol. The molecule has 2 aliphatic carbocycles. The number of imidazole rings is 1. The van der Waals surface area contributed by atoms with E-state index in [1.54, 1.807) is 4.90 Å². The first-order chi connectivity index (χ1) is 14.5. The van der Waals surface area contributed by atoms with E-state index in [1.807, 2.05) is 52.9 Å². The van der Waals surface area contributed by atoms with E-state index in [2.05, 4.69) is 15.8 Å². The number of carbonyl (C=O) groups is 2. The van der Waals surface area contributed by atoms with Gasteiger partial charge in [-0.2, -0.15) is 0 Å². The van der Waals surface area contributed by atoms with Crippen LogP contribution in [0.2, 0.25) is 0 Å². The van der Waals surface area contributed by atoms with Crippen molar-refractivity contribution in [3.63, 3.8) is 0 Å². The van der Waals surface area contributed by atoms with Gasteiger partial charge in [0.15, 0.2) is 0 Å². The molecule has 3 heterocycles. The Labute approximate surface area is 183 Å². The molecule has 7 heteroatoms. The third-order valence-corrected chi connectivity index (χ3v) is 6.68. The first-order valence-electron chi connectivity index (χ1n) is 11.3. The van der Waals surface area contributed by atoms with Gasteiger partial charge in [0.2, 0.25) is 5.91 Å². The van der Waals surface area contributed by atoms with E-state index < -0.39 is 11.1 Å². The summed E-state index contributed by atoms with van der Waals surface area (Å²) in [5.41, 5.74) is 1.19. The summed E-state index contributed by atoms with van der Waals surface area (Å²) in [5.74, 6) is 1.89. The summed E-state index contributed by atoms with van der Waals surface area (Å²) >= 11 is 0. The van der Waals surface area contributed by atoms with E-state index in [0.29, 0.717) is 19.0 Å². The summed E-state index contributed by atoms with van der Waals surface area (Å²) in [4.78, 5) is 32.1. The van der Waals surface area contributed by atoms with Crippen LogP contribution in [0.4, 0.5) is 4.79 Å². The molecular weight excluding hydrogens is 392 g/mol. The van der Waals surface area contributed by atoms with Gasteiger partial charge < -0.3 is 19.4 Å². The van der Waals surface area contributed by atoms with Gasteiger partial charge in [-0.1, -0.05) is 6.07 Å². The van der Waals surface area contributed by atoms with Gasteiger partial charge in [0.05, 0.1) is 16.7 Å². The SMILES string of the molecule is CC(C)(C)OC(=O)N1C[C@@H]2C(C(=O)NC(C)(C)c3nc(C4CC4)c4ccccn34)[C@@H]2C1. The molecule has 5 rings (SSSR count). The summed E-state index contributed by atoms with van der Waals surface area (Å²) in [6.07, 6.45) is 4.12. The topological polar surface area (TPSA) is 75.9 Å². The molecule has 2 aromatic heterocycles. The Morgan fingerprint density at radius 3 is 2.39 bits per heavy atom. The third kappa shape index (κ3) is 3.68. The quantitative estimate of drug-likeness (QED) is 0.812. The van der Waals surface area contributed by atoms with E-state index in [4.69, 9.17) is 9.72 Å². The normalized spacial score (nSPS) is 25.5. The Bertz CT molecular complexity index is 1030. The van der Waals surface area contributed by atoms with E-state index in [0.717, 1.165) is 17.0 Å². The number of aromatic nitrogens is 2. The number of nitrogens with zero attached hydrogens (tertiary/aromatic N) is 3. The predicted octanol–water partition coefficient (Wildman–Crippen LogP) is 3.68. The van der Waals surface area contributed by atoms with Gasteiger partial charge in [-0.25, -0.2) is 9.78 Å². The van der Waals surface area contributed by atoms with Crippen LogP contribution in [0.15, 0.2) is 24.4 Å². The monoisotopic (exact) mass is 424 g/mol. The summed E-state index contributed by atoms with van der Waals surface area (Å²) < 4.78 is 7.58. The smallest absolute Gasteiger partial charge is 0.410 e. The highest BCUT2D eigenvalue weighted by molar-refractivity contribution is 5.84. The zero-order valence-corrected chi connectivity index (χ0v) is 19.0. The lowest BCUT2D eigenvalue weighted by atomic mass is 10.0. The van der Waals surface area contributed by atoms with E-state index in [1.165, 1.54) is 12.8 Å². The molecule has 3 aliphatic rings. The van der Waals surface area contributed by atoms with Crippen molar-refractivity contribution in [1.29, 1.82) is 0 Å². The van der Waals surface area contributed by atoms with Crippen LogP contribution in [-0.2, 0) is 15.1 Å². The molecule has 1 N–H and O–H groups in total. The second kappa shape index (κ2) is 6.71. The first kappa shape index (κ1) is 20.3. The van der Waals surface area contributed by atoms with Crippen molar-refractivity contribution < 1.29 is 14.3 Å². The van der Waals surface area contributed by atoms with Gasteiger partial charge in [-0.15, -0.1) is 0 Å². The average molecular weight is 425 g/mol. The number of ether oxygens (including phenoxy) is 1. The van der Waals surface area contributed by atoms with Crippen LogP contribution in [0, 0.1) is 17.8 Å². The number of amides is 2. The second-order valence-electron chi connectivity index (χ2n) is 10.9. The number of fused-ring (bicyclic) bond motifs is 2. The van der Waals surface area contributed by atoms with E-state index in [9.17, 15) is 9.59 Å². The van der Waals surface area contributed by atoms with Gasteiger partial charge in [0.1, 0.15) is 11.4 Å². The third-order valence-electron chi connectivity index (χ3n) is 6.68. The van der Waals surface area contributed by atoms with Crippen molar-refractivity contribution in [2.75, 3.05) is 13.1 Å². The number of pyridine rings is 1. The summed E-state index contributed by atoms with van der Waals surface area (Å²) in [6, 6.07) is 6.15. The highest BCUT2D eigenvalue weighted by Crippen LogP contribution is 2.52. The average Bonchev–Trinajstić information content (AvgIpc) is 3.55. The number of nitrogens with one attached hydrogen (secondary N) is 1. The molecule has 2 saturated carbocycles. The fraction of sp³-hybridized carbons (Fsp3) is 0.625. The highest BCUT2D eigenvalue weighted by Gasteiger charge is 2.61. The zero-order chi connectivity index (χ0) is 22.1. The van der Waals surface area contributed by atoms with E-state index >= 15 is 0 Å². The molecule has 0 aromatic carbocycles. The molecule has 0 radical (unpaired) electrons. The van der Waals surface area contributed by atoms with Crippen molar-refractivity contribution in [2.24, 2.45) is 17.8 Å². The molecule has 166 valence electrons. The maximum Gasteiger partial charge on any atom is 0.410 e. The lowest BCUT2D eigenvalue weighted by Crippen LogP contribution is -2.45. The Hall–Kier alpha value is -2.57. The molecule has 2 aromatic rings. The van der Waals surface area contributed by atoms with Crippen LogP contribution in [0.3, 0.4) is 0 Å². The summed E-state index contributed by atoms with van der Waals surface area (Å²) in [7, 11) is 0. The molecule has 2 amide bonds. The van der Waals surface area contributed by atoms with Crippen molar-refractivity contribution in [3.8, 4) is 0 Å². The number of carbonyl (C=O) groups excluding carboxylic acids is 2. The fourth-order valence-corrected chi connectivity index (χ4v) is 5.00. The largest absolute Gasteiger partial charge is 0.444 e. The molecule has 0 bridgehead atoms. The molecular formula is C24H32N4O3. The maximum absolute atomic E-state index is 13.1. The fourth-order valence-electron chi connectivity index (χ4n) is 5.00. The first-order valence-corrected chi connectivity index (χ1v) is 11.3. The molecule has 1 saturated heterocycles. The highest BCUT2D eigenvalue weighted by atomic mass is 16.6. The molecule has 1 aliphatic heterocycles. The standard InChI is InChI=1S/C24H32N4O3/c1-23(2,3)31-22(30)27-12-15-16(13-27)18(15)20(29)26-24(4,5)21-25-19(14-9-10-14)17-8-6-7-11-28(17)21/h6-8,11,14-16,18H,9-10,12-13H2,1-5H3,(H,26,29)/t15-,16+,18?. The van der Waals surface area contributed by atoms with Gasteiger partial charge in [-0.05, 0) is 71.4 Å². The Kier molecular flexibility index (Phi) is 4.40. The number of rotatable bonds is 4. The lowest BCUT2D eigenvalue weighted by Gasteiger charge is -2.27. The van der Waals surface area contributed by atoms with Gasteiger partial charge in [0.25, 0.3) is 0 Å². The van der Waals surface area contributed by atoms with E-state index in [-0.39, 0.29) is 29.8 Å².